The summed E-state index contributed by atoms with van der Waals surface area (Å²) in [5, 5.41) is 0. The molecule has 0 fully saturated rings. The summed E-state index contributed by atoms with van der Waals surface area (Å²) < 4.78 is 24.1. The van der Waals surface area contributed by atoms with Crippen LogP contribution in [-0.4, -0.2) is 13.2 Å². The van der Waals surface area contributed by atoms with Crippen molar-refractivity contribution in [3.63, 3.8) is 0 Å². The Kier molecular flexibility index (Phi) is 4.44. The third kappa shape index (κ3) is 3.25. The highest BCUT2D eigenvalue weighted by Gasteiger charge is 2.29. The molecule has 4 heteroatoms. The van der Waals surface area contributed by atoms with Gasteiger partial charge in [-0.1, -0.05) is 32.0 Å². The first-order valence-corrected chi connectivity index (χ1v) is 8.26. The summed E-state index contributed by atoms with van der Waals surface area (Å²) in [6, 6.07) is 8.62. The standard InChI is InChI=1S/C12H18O2S2/c1-4-12(3,5-2)15-16(13,14)11-9-7-6-8-10-11/h6-10H,4-5H2,1-3H3. The molecule has 0 unspecified atom stereocenters. The summed E-state index contributed by atoms with van der Waals surface area (Å²) in [4.78, 5) is 0.396. The molecule has 0 heterocycles. The smallest absolute Gasteiger partial charge is 0.212 e. The fourth-order valence-electron chi connectivity index (χ4n) is 1.27. The molecule has 0 amide bonds. The minimum atomic E-state index is -3.23. The van der Waals surface area contributed by atoms with Gasteiger partial charge in [-0.25, -0.2) is 8.42 Å². The molecule has 0 aliphatic heterocycles. The van der Waals surface area contributed by atoms with Crippen molar-refractivity contribution in [3.05, 3.63) is 30.3 Å². The Balaban J connectivity index is 2.97. The van der Waals surface area contributed by atoms with Crippen LogP contribution in [0.3, 0.4) is 0 Å². The molecule has 0 spiro atoms. The third-order valence-electron chi connectivity index (χ3n) is 2.84. The maximum Gasteiger partial charge on any atom is 0.230 e. The van der Waals surface area contributed by atoms with Gasteiger partial charge < -0.3 is 0 Å². The summed E-state index contributed by atoms with van der Waals surface area (Å²) in [6.45, 7) is 6.05. The van der Waals surface area contributed by atoms with Gasteiger partial charge in [-0.15, -0.1) is 0 Å². The molecule has 0 bridgehead atoms. The minimum absolute atomic E-state index is 0.200. The molecule has 0 aliphatic carbocycles. The van der Waals surface area contributed by atoms with Gasteiger partial charge >= 0.3 is 0 Å². The first-order valence-electron chi connectivity index (χ1n) is 5.44. The Hall–Kier alpha value is -0.480. The van der Waals surface area contributed by atoms with Crippen LogP contribution in [0.1, 0.15) is 33.6 Å². The second-order valence-electron chi connectivity index (χ2n) is 4.01. The molecular weight excluding hydrogens is 240 g/mol. The Morgan fingerprint density at radius 1 is 1.12 bits per heavy atom. The molecule has 2 nitrogen and oxygen atoms in total. The van der Waals surface area contributed by atoms with Gasteiger partial charge in [0.25, 0.3) is 0 Å². The van der Waals surface area contributed by atoms with Gasteiger partial charge in [0.1, 0.15) is 0 Å². The summed E-state index contributed by atoms with van der Waals surface area (Å²) in [5.74, 6) is 0. The number of hydrogen-bond acceptors (Lipinski definition) is 3. The summed E-state index contributed by atoms with van der Waals surface area (Å²) in [5.41, 5.74) is 0. The summed E-state index contributed by atoms with van der Waals surface area (Å²) in [6.07, 6.45) is 1.69. The van der Waals surface area contributed by atoms with E-state index in [0.717, 1.165) is 23.6 Å². The van der Waals surface area contributed by atoms with Gasteiger partial charge in [-0.2, -0.15) is 0 Å². The first-order chi connectivity index (χ1) is 7.43. The van der Waals surface area contributed by atoms with Crippen LogP contribution in [0.4, 0.5) is 0 Å². The largest absolute Gasteiger partial charge is 0.230 e. The maximum atomic E-state index is 12.1. The van der Waals surface area contributed by atoms with E-state index in [1.165, 1.54) is 0 Å². The van der Waals surface area contributed by atoms with E-state index >= 15 is 0 Å². The van der Waals surface area contributed by atoms with Gasteiger partial charge in [-0.3, -0.25) is 0 Å². The van der Waals surface area contributed by atoms with E-state index in [4.69, 9.17) is 0 Å². The Morgan fingerprint density at radius 2 is 1.62 bits per heavy atom. The molecule has 1 rings (SSSR count). The van der Waals surface area contributed by atoms with Crippen LogP contribution in [0.15, 0.2) is 35.2 Å². The second kappa shape index (κ2) is 5.23. The van der Waals surface area contributed by atoms with Crippen molar-refractivity contribution in [2.24, 2.45) is 0 Å². The molecule has 0 saturated heterocycles. The Bertz CT molecular complexity index is 420. The van der Waals surface area contributed by atoms with E-state index < -0.39 is 8.87 Å². The van der Waals surface area contributed by atoms with Crippen molar-refractivity contribution < 1.29 is 8.42 Å². The van der Waals surface area contributed by atoms with Crippen LogP contribution < -0.4 is 0 Å². The molecule has 1 aromatic carbocycles. The van der Waals surface area contributed by atoms with Crippen molar-refractivity contribution in [1.29, 1.82) is 0 Å². The van der Waals surface area contributed by atoms with Crippen LogP contribution in [0.25, 0.3) is 0 Å². The van der Waals surface area contributed by atoms with E-state index in [2.05, 4.69) is 0 Å². The lowest BCUT2D eigenvalue weighted by atomic mass is 10.1. The Morgan fingerprint density at radius 3 is 2.06 bits per heavy atom. The third-order valence-corrected chi connectivity index (χ3v) is 7.33. The van der Waals surface area contributed by atoms with E-state index in [1.807, 2.05) is 26.8 Å². The molecule has 1 aromatic rings. The fraction of sp³-hybridized carbons (Fsp3) is 0.500. The normalized spacial score (nSPS) is 12.7. The average Bonchev–Trinajstić information content (AvgIpc) is 2.29. The van der Waals surface area contributed by atoms with Crippen molar-refractivity contribution in [3.8, 4) is 0 Å². The quantitative estimate of drug-likeness (QED) is 0.755. The zero-order chi connectivity index (χ0) is 12.2. The molecule has 0 aromatic heterocycles. The van der Waals surface area contributed by atoms with Crippen LogP contribution in [0.2, 0.25) is 0 Å². The van der Waals surface area contributed by atoms with Crippen LogP contribution in [-0.2, 0) is 8.87 Å². The van der Waals surface area contributed by atoms with Crippen LogP contribution in [0.5, 0.6) is 0 Å². The molecule has 0 saturated carbocycles. The highest BCUT2D eigenvalue weighted by atomic mass is 33.1. The topological polar surface area (TPSA) is 34.1 Å². The first kappa shape index (κ1) is 13.6. The predicted molar refractivity (Wildman–Crippen MR) is 70.2 cm³/mol. The van der Waals surface area contributed by atoms with E-state index in [-0.39, 0.29) is 4.75 Å². The van der Waals surface area contributed by atoms with Crippen molar-refractivity contribution in [2.45, 2.75) is 43.3 Å². The Labute approximate surface area is 102 Å². The van der Waals surface area contributed by atoms with E-state index in [9.17, 15) is 8.42 Å². The molecule has 0 radical (unpaired) electrons. The highest BCUT2D eigenvalue weighted by Crippen LogP contribution is 2.39. The molecule has 0 aliphatic rings. The van der Waals surface area contributed by atoms with Gasteiger partial charge in [0.2, 0.25) is 8.87 Å². The lowest BCUT2D eigenvalue weighted by molar-refractivity contribution is 0.593. The van der Waals surface area contributed by atoms with Gasteiger partial charge in [0.05, 0.1) is 4.90 Å². The molecule has 90 valence electrons. The highest BCUT2D eigenvalue weighted by molar-refractivity contribution is 8.72. The van der Waals surface area contributed by atoms with Crippen molar-refractivity contribution in [1.82, 2.24) is 0 Å². The van der Waals surface area contributed by atoms with Crippen molar-refractivity contribution in [2.75, 3.05) is 0 Å². The van der Waals surface area contributed by atoms with E-state index in [1.54, 1.807) is 24.3 Å². The van der Waals surface area contributed by atoms with E-state index in [0.29, 0.717) is 4.90 Å². The zero-order valence-electron chi connectivity index (χ0n) is 9.93. The molecule has 0 N–H and O–H groups in total. The molecule has 0 atom stereocenters. The van der Waals surface area contributed by atoms with Gasteiger partial charge in [0.15, 0.2) is 0 Å². The number of rotatable bonds is 5. The lowest BCUT2D eigenvalue weighted by Gasteiger charge is -2.24. The van der Waals surface area contributed by atoms with Gasteiger partial charge in [-0.05, 0) is 42.7 Å². The van der Waals surface area contributed by atoms with Gasteiger partial charge in [0, 0.05) is 4.75 Å². The summed E-state index contributed by atoms with van der Waals surface area (Å²) in [7, 11) is -2.15. The predicted octanol–water partition coefficient (Wildman–Crippen LogP) is 3.69. The monoisotopic (exact) mass is 258 g/mol. The van der Waals surface area contributed by atoms with Crippen LogP contribution >= 0.6 is 10.8 Å². The lowest BCUT2D eigenvalue weighted by Crippen LogP contribution is -2.20. The SMILES string of the molecule is CCC(C)(CC)SS(=O)(=O)c1ccccc1. The average molecular weight is 258 g/mol. The summed E-state index contributed by atoms with van der Waals surface area (Å²) >= 11 is 0. The minimum Gasteiger partial charge on any atom is -0.212 e. The zero-order valence-corrected chi connectivity index (χ0v) is 11.6. The maximum absolute atomic E-state index is 12.1. The van der Waals surface area contributed by atoms with Crippen LogP contribution in [0, 0.1) is 0 Å². The fourth-order valence-corrected chi connectivity index (χ4v) is 5.54. The second-order valence-corrected chi connectivity index (χ2v) is 8.36. The molecule has 16 heavy (non-hydrogen) atoms. The van der Waals surface area contributed by atoms with Crippen molar-refractivity contribution >= 4 is 19.7 Å². The molecular formula is C12H18O2S2. The number of benzene rings is 1. The number of hydrogen-bond donors (Lipinski definition) is 0.